The predicted molar refractivity (Wildman–Crippen MR) is 110 cm³/mol. The topological polar surface area (TPSA) is 133 Å². The molecule has 3 heterocycles. The fourth-order valence-corrected chi connectivity index (χ4v) is 2.59. The monoisotopic (exact) mass is 382 g/mol. The molecule has 28 heavy (non-hydrogen) atoms. The summed E-state index contributed by atoms with van der Waals surface area (Å²) >= 11 is 0. The molecule has 0 atom stereocenters. The zero-order valence-corrected chi connectivity index (χ0v) is 16.8. The molecule has 4 bridgehead atoms. The van der Waals surface area contributed by atoms with Crippen LogP contribution in [0, 0.1) is 0 Å². The van der Waals surface area contributed by atoms with Crippen LogP contribution in [0.1, 0.15) is 63.8 Å². The molecule has 0 radical (unpaired) electrons. The van der Waals surface area contributed by atoms with Gasteiger partial charge in [-0.15, -0.1) is 0 Å². The van der Waals surface area contributed by atoms with Crippen LogP contribution in [-0.2, 0) is 0 Å². The summed E-state index contributed by atoms with van der Waals surface area (Å²) in [6.07, 6.45) is 1.65. The highest BCUT2D eigenvalue weighted by molar-refractivity contribution is 5.99. The number of rotatable bonds is 0. The van der Waals surface area contributed by atoms with E-state index in [0.29, 0.717) is 49.5 Å². The molecule has 0 saturated heterocycles. The summed E-state index contributed by atoms with van der Waals surface area (Å²) < 4.78 is 0. The molecule has 1 aliphatic rings. The Morgan fingerprint density at radius 1 is 0.536 bits per heavy atom. The smallest absolute Gasteiger partial charge is 0.195 e. The number of nitrogens with zero attached hydrogens (tertiary/aromatic N) is 8. The Hall–Kier alpha value is -3.04. The number of aromatic nitrogens is 6. The van der Waals surface area contributed by atoms with Crippen molar-refractivity contribution in [3.05, 3.63) is 23.3 Å². The lowest BCUT2D eigenvalue weighted by molar-refractivity contribution is 0.842. The lowest BCUT2D eigenvalue weighted by Gasteiger charge is -1.99. The summed E-state index contributed by atoms with van der Waals surface area (Å²) in [7, 11) is 0. The minimum absolute atomic E-state index is 0.604. The van der Waals surface area contributed by atoms with E-state index < -0.39 is 0 Å². The van der Waals surface area contributed by atoms with Gasteiger partial charge in [-0.3, -0.25) is 30.2 Å². The number of hydrogen-bond acceptors (Lipinski definition) is 8. The maximum Gasteiger partial charge on any atom is 0.195 e. The number of fused-ring (bicyclic) bond motifs is 4. The predicted octanol–water partition coefficient (Wildman–Crippen LogP) is 1.65. The van der Waals surface area contributed by atoms with E-state index in [-0.39, 0.29) is 0 Å². The molecule has 2 N–H and O–H groups in total. The first-order valence-electron chi connectivity index (χ1n) is 9.45. The van der Waals surface area contributed by atoms with Crippen LogP contribution in [0.15, 0.2) is 20.0 Å². The fourth-order valence-electron chi connectivity index (χ4n) is 2.59. The van der Waals surface area contributed by atoms with Gasteiger partial charge in [0, 0.05) is 26.2 Å². The summed E-state index contributed by atoms with van der Waals surface area (Å²) in [6, 6.07) is 0. The van der Waals surface area contributed by atoms with Crippen molar-refractivity contribution in [1.29, 1.82) is 0 Å². The van der Waals surface area contributed by atoms with E-state index in [4.69, 9.17) is 0 Å². The SMILES string of the molecule is CC1=NCCCN=C(C)c2n[nH]c(n2)C(C)=NCCCN=C(C)c2nc1n[nH]2. The third-order valence-corrected chi connectivity index (χ3v) is 4.33. The van der Waals surface area contributed by atoms with E-state index in [0.717, 1.165) is 35.7 Å². The van der Waals surface area contributed by atoms with Crippen LogP contribution in [0.4, 0.5) is 0 Å². The molecule has 0 amide bonds. The van der Waals surface area contributed by atoms with Gasteiger partial charge in [-0.2, -0.15) is 10.2 Å². The molecule has 10 nitrogen and oxygen atoms in total. The third-order valence-electron chi connectivity index (χ3n) is 4.33. The molecular weight excluding hydrogens is 356 g/mol. The van der Waals surface area contributed by atoms with E-state index in [9.17, 15) is 0 Å². The highest BCUT2D eigenvalue weighted by Crippen LogP contribution is 2.02. The molecule has 0 saturated carbocycles. The number of nitrogens with one attached hydrogen (secondary N) is 2. The fraction of sp³-hybridized carbons (Fsp3) is 0.556. The summed E-state index contributed by atoms with van der Waals surface area (Å²) in [5.74, 6) is 2.56. The first kappa shape index (κ1) is 19.7. The quantitative estimate of drug-likeness (QED) is 0.716. The standard InChI is InChI=1S/C18H26N10/c1-11-15-23-16(26-25-15)12(2)21-9-6-10-22-14(4)18-24-17(27-28-18)13(3)20-8-5-7-19-11/h5-10H2,1-4H3,(H,23,25,26)(H,24,27,28). The highest BCUT2D eigenvalue weighted by Gasteiger charge is 2.10. The van der Waals surface area contributed by atoms with E-state index in [1.54, 1.807) is 0 Å². The minimum Gasteiger partial charge on any atom is -0.286 e. The summed E-state index contributed by atoms with van der Waals surface area (Å²) in [4.78, 5) is 27.2. The zero-order valence-electron chi connectivity index (χ0n) is 16.8. The largest absolute Gasteiger partial charge is 0.286 e. The molecule has 0 aromatic carbocycles. The molecule has 0 aliphatic carbocycles. The average molecular weight is 382 g/mol. The van der Waals surface area contributed by atoms with Gasteiger partial charge >= 0.3 is 0 Å². The summed E-state index contributed by atoms with van der Waals surface area (Å²) in [5, 5.41) is 14.4. The Kier molecular flexibility index (Phi) is 6.51. The Morgan fingerprint density at radius 2 is 0.893 bits per heavy atom. The van der Waals surface area contributed by atoms with Gasteiger partial charge in [0.15, 0.2) is 23.3 Å². The van der Waals surface area contributed by atoms with Crippen LogP contribution in [-0.4, -0.2) is 79.4 Å². The maximum atomic E-state index is 4.56. The van der Waals surface area contributed by atoms with Gasteiger partial charge in [-0.25, -0.2) is 9.97 Å². The molecule has 10 heteroatoms. The van der Waals surface area contributed by atoms with Gasteiger partial charge in [0.1, 0.15) is 0 Å². The summed E-state index contributed by atoms with van der Waals surface area (Å²) in [5.41, 5.74) is 3.25. The second-order valence-electron chi connectivity index (χ2n) is 6.59. The van der Waals surface area contributed by atoms with Crippen molar-refractivity contribution in [1.82, 2.24) is 30.4 Å². The first-order valence-corrected chi connectivity index (χ1v) is 9.45. The van der Waals surface area contributed by atoms with Crippen molar-refractivity contribution in [3.63, 3.8) is 0 Å². The molecule has 2 aromatic rings. The number of aliphatic imine (C=N–C) groups is 4. The van der Waals surface area contributed by atoms with E-state index >= 15 is 0 Å². The van der Waals surface area contributed by atoms with Crippen molar-refractivity contribution < 1.29 is 0 Å². The Bertz CT molecular complexity index is 783. The van der Waals surface area contributed by atoms with Crippen LogP contribution < -0.4 is 0 Å². The van der Waals surface area contributed by atoms with Gasteiger partial charge < -0.3 is 0 Å². The van der Waals surface area contributed by atoms with Crippen molar-refractivity contribution in [3.8, 4) is 0 Å². The lowest BCUT2D eigenvalue weighted by Crippen LogP contribution is -2.04. The molecule has 0 unspecified atom stereocenters. The van der Waals surface area contributed by atoms with Crippen molar-refractivity contribution in [2.45, 2.75) is 40.5 Å². The van der Waals surface area contributed by atoms with Gasteiger partial charge in [0.05, 0.1) is 22.8 Å². The maximum absolute atomic E-state index is 4.56. The molecule has 2 aromatic heterocycles. The van der Waals surface area contributed by atoms with Crippen molar-refractivity contribution >= 4 is 22.8 Å². The van der Waals surface area contributed by atoms with Gasteiger partial charge in [0.2, 0.25) is 0 Å². The van der Waals surface area contributed by atoms with E-state index in [1.165, 1.54) is 0 Å². The molecule has 0 spiro atoms. The molecule has 148 valence electrons. The molecule has 0 fully saturated rings. The van der Waals surface area contributed by atoms with Crippen LogP contribution in [0.25, 0.3) is 0 Å². The lowest BCUT2D eigenvalue weighted by atomic mass is 10.3. The molecule has 1 aliphatic heterocycles. The van der Waals surface area contributed by atoms with Crippen LogP contribution in [0.5, 0.6) is 0 Å². The van der Waals surface area contributed by atoms with E-state index in [1.807, 2.05) is 27.7 Å². The zero-order chi connectivity index (χ0) is 19.9. The van der Waals surface area contributed by atoms with Crippen molar-refractivity contribution in [2.24, 2.45) is 20.0 Å². The second-order valence-corrected chi connectivity index (χ2v) is 6.59. The van der Waals surface area contributed by atoms with E-state index in [2.05, 4.69) is 50.3 Å². The van der Waals surface area contributed by atoms with Crippen molar-refractivity contribution in [2.75, 3.05) is 26.2 Å². The highest BCUT2D eigenvalue weighted by atomic mass is 15.2. The summed E-state index contributed by atoms with van der Waals surface area (Å²) in [6.45, 7) is 10.3. The van der Waals surface area contributed by atoms with Crippen LogP contribution in [0.2, 0.25) is 0 Å². The van der Waals surface area contributed by atoms with Crippen LogP contribution >= 0.6 is 0 Å². The number of aromatic amines is 2. The first-order chi connectivity index (χ1) is 13.5. The molecular formula is C18H26N10. The third kappa shape index (κ3) is 5.02. The van der Waals surface area contributed by atoms with Gasteiger partial charge in [-0.1, -0.05) is 0 Å². The van der Waals surface area contributed by atoms with Crippen LogP contribution in [0.3, 0.4) is 0 Å². The Morgan fingerprint density at radius 3 is 1.29 bits per heavy atom. The second kappa shape index (κ2) is 9.25. The number of hydrogen-bond donors (Lipinski definition) is 2. The molecule has 3 rings (SSSR count). The normalized spacial score (nSPS) is 17.3. The Balaban J connectivity index is 1.80. The van der Waals surface area contributed by atoms with Gasteiger partial charge in [0.25, 0.3) is 0 Å². The number of H-pyrrole nitrogens is 2. The Labute approximate surface area is 163 Å². The minimum atomic E-state index is 0.604. The van der Waals surface area contributed by atoms with Gasteiger partial charge in [-0.05, 0) is 40.5 Å². The average Bonchev–Trinajstić information content (AvgIpc) is 3.36.